The van der Waals surface area contributed by atoms with Crippen molar-refractivity contribution in [1.29, 1.82) is 0 Å². The molecule has 0 aliphatic carbocycles. The molecule has 0 spiro atoms. The standard InChI is InChI=1S/C11H23FN2/c1-9(2)14-6-4-11(5-7-14)13-10(3)8-12/h9-11,13H,4-8H2,1-3H3. The molecule has 1 atom stereocenters. The Kier molecular flexibility index (Phi) is 4.82. The zero-order chi connectivity index (χ0) is 10.6. The van der Waals surface area contributed by atoms with Crippen molar-refractivity contribution in [2.75, 3.05) is 19.8 Å². The fourth-order valence-corrected chi connectivity index (χ4v) is 2.03. The summed E-state index contributed by atoms with van der Waals surface area (Å²) in [5.74, 6) is 0. The minimum atomic E-state index is -0.260. The molecule has 1 aliphatic rings. The first-order valence-corrected chi connectivity index (χ1v) is 5.69. The van der Waals surface area contributed by atoms with Gasteiger partial charge in [-0.2, -0.15) is 0 Å². The molecular formula is C11H23FN2. The normalized spacial score (nSPS) is 22.9. The highest BCUT2D eigenvalue weighted by Gasteiger charge is 2.21. The van der Waals surface area contributed by atoms with E-state index in [1.807, 2.05) is 6.92 Å². The summed E-state index contributed by atoms with van der Waals surface area (Å²) in [6.45, 7) is 8.41. The fourth-order valence-electron chi connectivity index (χ4n) is 2.03. The highest BCUT2D eigenvalue weighted by atomic mass is 19.1. The zero-order valence-corrected chi connectivity index (χ0v) is 9.59. The molecule has 84 valence electrons. The Hall–Kier alpha value is -0.150. The summed E-state index contributed by atoms with van der Waals surface area (Å²) in [5, 5.41) is 3.33. The largest absolute Gasteiger partial charge is 0.309 e. The van der Waals surface area contributed by atoms with Crippen LogP contribution in [-0.2, 0) is 0 Å². The number of halogens is 1. The Labute approximate surface area is 86.9 Å². The van der Waals surface area contributed by atoms with E-state index in [0.717, 1.165) is 25.9 Å². The quantitative estimate of drug-likeness (QED) is 0.748. The molecule has 0 aromatic carbocycles. The molecule has 1 aliphatic heterocycles. The zero-order valence-electron chi connectivity index (χ0n) is 9.59. The molecule has 1 saturated heterocycles. The molecule has 2 nitrogen and oxygen atoms in total. The van der Waals surface area contributed by atoms with Crippen LogP contribution in [0.15, 0.2) is 0 Å². The molecule has 1 heterocycles. The maximum atomic E-state index is 12.3. The SMILES string of the molecule is CC(CF)NC1CCN(C(C)C)CC1. The predicted octanol–water partition coefficient (Wildman–Crippen LogP) is 1.81. The van der Waals surface area contributed by atoms with Gasteiger partial charge in [0.2, 0.25) is 0 Å². The lowest BCUT2D eigenvalue weighted by molar-refractivity contribution is 0.155. The number of nitrogens with one attached hydrogen (secondary N) is 1. The number of nitrogens with zero attached hydrogens (tertiary/aromatic N) is 1. The summed E-state index contributed by atoms with van der Waals surface area (Å²) in [4.78, 5) is 2.48. The first-order chi connectivity index (χ1) is 6.63. The maximum Gasteiger partial charge on any atom is 0.104 e. The average Bonchev–Trinajstić information content (AvgIpc) is 2.18. The van der Waals surface area contributed by atoms with E-state index >= 15 is 0 Å². The molecule has 3 heteroatoms. The molecular weight excluding hydrogens is 179 g/mol. The monoisotopic (exact) mass is 202 g/mol. The molecule has 1 rings (SSSR count). The van der Waals surface area contributed by atoms with E-state index in [-0.39, 0.29) is 12.7 Å². The third-order valence-electron chi connectivity index (χ3n) is 3.01. The van der Waals surface area contributed by atoms with Crippen LogP contribution in [0.4, 0.5) is 4.39 Å². The van der Waals surface area contributed by atoms with E-state index in [1.165, 1.54) is 0 Å². The summed E-state index contributed by atoms with van der Waals surface area (Å²) < 4.78 is 12.3. The van der Waals surface area contributed by atoms with Gasteiger partial charge in [0, 0.05) is 18.1 Å². The van der Waals surface area contributed by atoms with Crippen molar-refractivity contribution in [3.05, 3.63) is 0 Å². The van der Waals surface area contributed by atoms with Crippen molar-refractivity contribution in [3.8, 4) is 0 Å². The molecule has 0 aromatic rings. The second kappa shape index (κ2) is 5.66. The Balaban J connectivity index is 2.22. The van der Waals surface area contributed by atoms with Gasteiger partial charge in [-0.1, -0.05) is 0 Å². The number of rotatable bonds is 4. The Bertz CT molecular complexity index is 153. The van der Waals surface area contributed by atoms with Crippen molar-refractivity contribution in [2.24, 2.45) is 0 Å². The first kappa shape index (κ1) is 11.9. The van der Waals surface area contributed by atoms with Gasteiger partial charge >= 0.3 is 0 Å². The van der Waals surface area contributed by atoms with Gasteiger partial charge in [0.25, 0.3) is 0 Å². The lowest BCUT2D eigenvalue weighted by atomic mass is 10.0. The van der Waals surface area contributed by atoms with Gasteiger partial charge in [-0.05, 0) is 46.7 Å². The number of piperidine rings is 1. The summed E-state index contributed by atoms with van der Waals surface area (Å²) in [7, 11) is 0. The van der Waals surface area contributed by atoms with E-state index in [9.17, 15) is 4.39 Å². The van der Waals surface area contributed by atoms with Crippen LogP contribution in [0.3, 0.4) is 0 Å². The minimum Gasteiger partial charge on any atom is -0.309 e. The van der Waals surface area contributed by atoms with E-state index in [2.05, 4.69) is 24.1 Å². The van der Waals surface area contributed by atoms with E-state index in [0.29, 0.717) is 12.1 Å². The molecule has 0 amide bonds. The van der Waals surface area contributed by atoms with Gasteiger partial charge in [0.15, 0.2) is 0 Å². The predicted molar refractivity (Wildman–Crippen MR) is 58.3 cm³/mol. The van der Waals surface area contributed by atoms with E-state index < -0.39 is 0 Å². The van der Waals surface area contributed by atoms with Crippen LogP contribution >= 0.6 is 0 Å². The van der Waals surface area contributed by atoms with Crippen LogP contribution in [0.1, 0.15) is 33.6 Å². The van der Waals surface area contributed by atoms with Gasteiger partial charge in [-0.15, -0.1) is 0 Å². The maximum absolute atomic E-state index is 12.3. The second-order valence-corrected chi connectivity index (χ2v) is 4.63. The minimum absolute atomic E-state index is 0.0191. The molecule has 14 heavy (non-hydrogen) atoms. The molecule has 1 unspecified atom stereocenters. The van der Waals surface area contributed by atoms with Gasteiger partial charge in [0.1, 0.15) is 6.67 Å². The summed E-state index contributed by atoms with van der Waals surface area (Å²) in [6.07, 6.45) is 2.31. The highest BCUT2D eigenvalue weighted by molar-refractivity contribution is 4.80. The van der Waals surface area contributed by atoms with Gasteiger partial charge < -0.3 is 10.2 Å². The van der Waals surface area contributed by atoms with Crippen LogP contribution in [0.25, 0.3) is 0 Å². The van der Waals surface area contributed by atoms with E-state index in [1.54, 1.807) is 0 Å². The van der Waals surface area contributed by atoms with Crippen LogP contribution in [0.2, 0.25) is 0 Å². The van der Waals surface area contributed by atoms with Crippen molar-refractivity contribution >= 4 is 0 Å². The van der Waals surface area contributed by atoms with Gasteiger partial charge in [-0.3, -0.25) is 0 Å². The average molecular weight is 202 g/mol. The molecule has 1 N–H and O–H groups in total. The fraction of sp³-hybridized carbons (Fsp3) is 1.00. The molecule has 0 radical (unpaired) electrons. The van der Waals surface area contributed by atoms with Crippen LogP contribution in [-0.4, -0.2) is 42.8 Å². The van der Waals surface area contributed by atoms with Crippen LogP contribution in [0, 0.1) is 0 Å². The second-order valence-electron chi connectivity index (χ2n) is 4.63. The third kappa shape index (κ3) is 3.54. The van der Waals surface area contributed by atoms with Crippen molar-refractivity contribution in [1.82, 2.24) is 10.2 Å². The highest BCUT2D eigenvalue weighted by Crippen LogP contribution is 2.13. The lowest BCUT2D eigenvalue weighted by Gasteiger charge is -2.35. The van der Waals surface area contributed by atoms with Crippen molar-refractivity contribution in [2.45, 2.75) is 51.7 Å². The summed E-state index contributed by atoms with van der Waals surface area (Å²) in [6, 6.07) is 1.19. The summed E-state index contributed by atoms with van der Waals surface area (Å²) in [5.41, 5.74) is 0. The smallest absolute Gasteiger partial charge is 0.104 e. The van der Waals surface area contributed by atoms with Crippen molar-refractivity contribution in [3.63, 3.8) is 0 Å². The lowest BCUT2D eigenvalue weighted by Crippen LogP contribution is -2.47. The third-order valence-corrected chi connectivity index (χ3v) is 3.01. The number of hydrogen-bond acceptors (Lipinski definition) is 2. The van der Waals surface area contributed by atoms with Gasteiger partial charge in [0.05, 0.1) is 0 Å². The Morgan fingerprint density at radius 3 is 2.29 bits per heavy atom. The number of hydrogen-bond donors (Lipinski definition) is 1. The van der Waals surface area contributed by atoms with E-state index in [4.69, 9.17) is 0 Å². The van der Waals surface area contributed by atoms with Crippen molar-refractivity contribution < 1.29 is 4.39 Å². The van der Waals surface area contributed by atoms with Crippen LogP contribution < -0.4 is 5.32 Å². The molecule has 0 saturated carbocycles. The van der Waals surface area contributed by atoms with Crippen LogP contribution in [0.5, 0.6) is 0 Å². The molecule has 0 bridgehead atoms. The summed E-state index contributed by atoms with van der Waals surface area (Å²) >= 11 is 0. The number of alkyl halides is 1. The molecule has 1 fully saturated rings. The Morgan fingerprint density at radius 1 is 1.29 bits per heavy atom. The van der Waals surface area contributed by atoms with Gasteiger partial charge in [-0.25, -0.2) is 4.39 Å². The topological polar surface area (TPSA) is 15.3 Å². The first-order valence-electron chi connectivity index (χ1n) is 5.69. The Morgan fingerprint density at radius 2 is 1.86 bits per heavy atom. The number of likely N-dealkylation sites (tertiary alicyclic amines) is 1. The molecule has 0 aromatic heterocycles.